The average Bonchev–Trinajstić information content (AvgIpc) is 2.58. The number of aliphatic hydroxyl groups excluding tert-OH is 1. The molecule has 0 spiro atoms. The third-order valence-electron chi connectivity index (χ3n) is 5.42. The van der Waals surface area contributed by atoms with Crippen molar-refractivity contribution in [1.29, 1.82) is 0 Å². The number of rotatable bonds is 5. The molecule has 4 nitrogen and oxygen atoms in total. The first-order valence-electron chi connectivity index (χ1n) is 9.01. The molecule has 142 valence electrons. The standard InChI is InChI=1S/C22H30O4/c1-9-17(23)14(4)18-13(3)10-12(2)11-22(18,7)20-15(5)19(24)16(6)21(25-8)26-20/h10-11,17-18,23H,4,9H2,1-3,5-8H3/t17-,18?,22+/m1/s1. The van der Waals surface area contributed by atoms with Crippen molar-refractivity contribution < 1.29 is 14.3 Å². The van der Waals surface area contributed by atoms with Gasteiger partial charge in [-0.25, -0.2) is 0 Å². The van der Waals surface area contributed by atoms with Crippen molar-refractivity contribution in [3.8, 4) is 5.95 Å². The van der Waals surface area contributed by atoms with Crippen LogP contribution >= 0.6 is 0 Å². The molecule has 1 aliphatic carbocycles. The fraction of sp³-hybridized carbons (Fsp3) is 0.500. The molecular formula is C22H30O4. The van der Waals surface area contributed by atoms with Gasteiger partial charge in [0.1, 0.15) is 5.76 Å². The quantitative estimate of drug-likeness (QED) is 0.794. The van der Waals surface area contributed by atoms with Crippen molar-refractivity contribution >= 4 is 0 Å². The van der Waals surface area contributed by atoms with Crippen LogP contribution < -0.4 is 10.2 Å². The lowest BCUT2D eigenvalue weighted by Gasteiger charge is -2.41. The highest BCUT2D eigenvalue weighted by atomic mass is 16.6. The summed E-state index contributed by atoms with van der Waals surface area (Å²) in [6.07, 6.45) is 4.16. The van der Waals surface area contributed by atoms with Crippen LogP contribution in [0.1, 0.15) is 51.0 Å². The summed E-state index contributed by atoms with van der Waals surface area (Å²) in [5, 5.41) is 10.4. The van der Waals surface area contributed by atoms with Crippen LogP contribution in [0.5, 0.6) is 5.95 Å². The van der Waals surface area contributed by atoms with Gasteiger partial charge >= 0.3 is 0 Å². The second-order valence-electron chi connectivity index (χ2n) is 7.49. The second-order valence-corrected chi connectivity index (χ2v) is 7.49. The molecule has 0 aliphatic heterocycles. The van der Waals surface area contributed by atoms with Crippen LogP contribution in [-0.4, -0.2) is 18.3 Å². The zero-order valence-corrected chi connectivity index (χ0v) is 16.9. The summed E-state index contributed by atoms with van der Waals surface area (Å²) >= 11 is 0. The van der Waals surface area contributed by atoms with Crippen LogP contribution in [0.15, 0.2) is 44.7 Å². The van der Waals surface area contributed by atoms with Gasteiger partial charge in [0.25, 0.3) is 5.95 Å². The van der Waals surface area contributed by atoms with Crippen LogP contribution in [0, 0.1) is 19.8 Å². The lowest BCUT2D eigenvalue weighted by Crippen LogP contribution is -2.39. The molecule has 0 saturated carbocycles. The molecule has 0 amide bonds. The zero-order valence-electron chi connectivity index (χ0n) is 16.9. The molecule has 1 aromatic heterocycles. The van der Waals surface area contributed by atoms with Crippen molar-refractivity contribution in [3.05, 3.63) is 62.6 Å². The molecule has 0 aromatic carbocycles. The fourth-order valence-corrected chi connectivity index (χ4v) is 4.27. The van der Waals surface area contributed by atoms with E-state index in [9.17, 15) is 9.90 Å². The van der Waals surface area contributed by atoms with Crippen molar-refractivity contribution in [2.24, 2.45) is 5.92 Å². The first kappa shape index (κ1) is 20.2. The molecule has 3 atom stereocenters. The van der Waals surface area contributed by atoms with E-state index in [1.54, 1.807) is 13.8 Å². The van der Waals surface area contributed by atoms with Crippen LogP contribution in [0.2, 0.25) is 0 Å². The van der Waals surface area contributed by atoms with Gasteiger partial charge in [0.2, 0.25) is 0 Å². The molecular weight excluding hydrogens is 328 g/mol. The van der Waals surface area contributed by atoms with E-state index in [-0.39, 0.29) is 17.3 Å². The highest BCUT2D eigenvalue weighted by Gasteiger charge is 2.44. The van der Waals surface area contributed by atoms with Gasteiger partial charge in [-0.1, -0.05) is 36.8 Å². The molecule has 1 heterocycles. The molecule has 0 bridgehead atoms. The maximum absolute atomic E-state index is 12.7. The van der Waals surface area contributed by atoms with Crippen molar-refractivity contribution in [3.63, 3.8) is 0 Å². The normalized spacial score (nSPS) is 23.9. The second kappa shape index (κ2) is 7.28. The lowest BCUT2D eigenvalue weighted by molar-refractivity contribution is 0.181. The third kappa shape index (κ3) is 3.18. The predicted molar refractivity (Wildman–Crippen MR) is 105 cm³/mol. The van der Waals surface area contributed by atoms with E-state index in [0.29, 0.717) is 23.3 Å². The van der Waals surface area contributed by atoms with Gasteiger partial charge in [-0.3, -0.25) is 4.79 Å². The van der Waals surface area contributed by atoms with Crippen LogP contribution in [0.25, 0.3) is 0 Å². The van der Waals surface area contributed by atoms with Gasteiger partial charge in [0.05, 0.1) is 24.2 Å². The topological polar surface area (TPSA) is 59.7 Å². The highest BCUT2D eigenvalue weighted by molar-refractivity contribution is 5.47. The Morgan fingerprint density at radius 2 is 1.96 bits per heavy atom. The first-order chi connectivity index (χ1) is 12.1. The summed E-state index contributed by atoms with van der Waals surface area (Å²) in [6, 6.07) is 0. The minimum Gasteiger partial charge on any atom is -0.468 e. The SMILES string of the molecule is C=C(C1C(C)=CC(C)=C[C@]1(C)c1oc(OC)c(C)c(=O)c1C)[C@H](O)CC. The van der Waals surface area contributed by atoms with Gasteiger partial charge in [0.15, 0.2) is 5.43 Å². The van der Waals surface area contributed by atoms with Crippen molar-refractivity contribution in [1.82, 2.24) is 0 Å². The van der Waals surface area contributed by atoms with Gasteiger partial charge in [-0.15, -0.1) is 0 Å². The Kier molecular flexibility index (Phi) is 5.67. The number of ether oxygens (including phenoxy) is 1. The minimum atomic E-state index is -0.639. The van der Waals surface area contributed by atoms with E-state index in [0.717, 1.165) is 16.7 Å². The van der Waals surface area contributed by atoms with Gasteiger partial charge in [-0.2, -0.15) is 0 Å². The predicted octanol–water partition coefficient (Wildman–Crippen LogP) is 4.37. The summed E-state index contributed by atoms with van der Waals surface area (Å²) < 4.78 is 11.4. The maximum Gasteiger partial charge on any atom is 0.291 e. The van der Waals surface area contributed by atoms with Crippen molar-refractivity contribution in [2.75, 3.05) is 7.11 Å². The molecule has 1 aromatic rings. The summed E-state index contributed by atoms with van der Waals surface area (Å²) in [4.78, 5) is 12.7. The van der Waals surface area contributed by atoms with E-state index < -0.39 is 11.5 Å². The molecule has 2 rings (SSSR count). The van der Waals surface area contributed by atoms with Crippen LogP contribution in [0.4, 0.5) is 0 Å². The monoisotopic (exact) mass is 358 g/mol. The Bertz CT molecular complexity index is 840. The van der Waals surface area contributed by atoms with Crippen LogP contribution in [0.3, 0.4) is 0 Å². The molecule has 1 N–H and O–H groups in total. The fourth-order valence-electron chi connectivity index (χ4n) is 4.27. The first-order valence-corrected chi connectivity index (χ1v) is 9.01. The Labute approximate surface area is 155 Å². The number of allylic oxidation sites excluding steroid dienone is 4. The Morgan fingerprint density at radius 3 is 2.50 bits per heavy atom. The Hall–Kier alpha value is -2.07. The molecule has 1 aliphatic rings. The molecule has 0 fully saturated rings. The van der Waals surface area contributed by atoms with Gasteiger partial charge in [0, 0.05) is 11.5 Å². The highest BCUT2D eigenvalue weighted by Crippen LogP contribution is 2.47. The largest absolute Gasteiger partial charge is 0.468 e. The summed E-state index contributed by atoms with van der Waals surface area (Å²) in [5.74, 6) is 0.622. The van der Waals surface area contributed by atoms with Crippen LogP contribution in [-0.2, 0) is 5.41 Å². The van der Waals surface area contributed by atoms with E-state index in [4.69, 9.17) is 9.15 Å². The number of methoxy groups -OCH3 is 1. The molecule has 4 heteroatoms. The van der Waals surface area contributed by atoms with Crippen molar-refractivity contribution in [2.45, 2.75) is 59.5 Å². The molecule has 26 heavy (non-hydrogen) atoms. The van der Waals surface area contributed by atoms with Gasteiger partial charge < -0.3 is 14.3 Å². The summed E-state index contributed by atoms with van der Waals surface area (Å²) in [6.45, 7) is 15.7. The Morgan fingerprint density at radius 1 is 1.35 bits per heavy atom. The van der Waals surface area contributed by atoms with E-state index in [1.807, 2.05) is 27.7 Å². The van der Waals surface area contributed by atoms with E-state index >= 15 is 0 Å². The zero-order chi connectivity index (χ0) is 19.8. The summed E-state index contributed by atoms with van der Waals surface area (Å²) in [5.41, 5.74) is 3.21. The average molecular weight is 358 g/mol. The minimum absolute atomic E-state index is 0.0806. The Balaban J connectivity index is 2.78. The van der Waals surface area contributed by atoms with Gasteiger partial charge in [-0.05, 0) is 46.6 Å². The van der Waals surface area contributed by atoms with E-state index in [1.165, 1.54) is 7.11 Å². The van der Waals surface area contributed by atoms with E-state index in [2.05, 4.69) is 18.7 Å². The smallest absolute Gasteiger partial charge is 0.291 e. The number of aliphatic hydroxyl groups is 1. The molecule has 1 unspecified atom stereocenters. The lowest BCUT2D eigenvalue weighted by atomic mass is 9.63. The number of hydrogen-bond donors (Lipinski definition) is 1. The molecule has 0 radical (unpaired) electrons. The maximum atomic E-state index is 12.7. The summed E-state index contributed by atoms with van der Waals surface area (Å²) in [7, 11) is 1.50. The third-order valence-corrected chi connectivity index (χ3v) is 5.42. The number of hydrogen-bond acceptors (Lipinski definition) is 4. The molecule has 0 saturated heterocycles.